The molecule has 0 amide bonds. The summed E-state index contributed by atoms with van der Waals surface area (Å²) in [4.78, 5) is 4.35. The highest BCUT2D eigenvalue weighted by molar-refractivity contribution is 9.11. The fraction of sp³-hybridized carbons (Fsp3) is 0.583. The zero-order chi connectivity index (χ0) is 12.3. The fourth-order valence-electron chi connectivity index (χ4n) is 2.31. The minimum Gasteiger partial charge on any atom is -0.396 e. The number of rotatable bonds is 3. The van der Waals surface area contributed by atoms with Crippen molar-refractivity contribution in [2.75, 3.05) is 11.9 Å². The van der Waals surface area contributed by atoms with Crippen LogP contribution in [-0.2, 0) is 0 Å². The molecule has 3 nitrogen and oxygen atoms in total. The van der Waals surface area contributed by atoms with Gasteiger partial charge in [0.2, 0.25) is 0 Å². The van der Waals surface area contributed by atoms with Gasteiger partial charge < -0.3 is 10.4 Å². The number of anilines is 1. The van der Waals surface area contributed by atoms with E-state index in [9.17, 15) is 5.11 Å². The average molecular weight is 364 g/mol. The summed E-state index contributed by atoms with van der Waals surface area (Å²) in [5.41, 5.74) is 0. The van der Waals surface area contributed by atoms with E-state index in [1.165, 1.54) is 12.8 Å². The second-order valence-corrected chi connectivity index (χ2v) is 6.23. The van der Waals surface area contributed by atoms with Gasteiger partial charge in [-0.25, -0.2) is 4.98 Å². The zero-order valence-electron chi connectivity index (χ0n) is 9.50. The molecule has 2 unspecified atom stereocenters. The van der Waals surface area contributed by atoms with Crippen molar-refractivity contribution >= 4 is 37.7 Å². The Balaban J connectivity index is 2.08. The van der Waals surface area contributed by atoms with E-state index in [2.05, 4.69) is 42.2 Å². The maximum absolute atomic E-state index is 9.37. The average Bonchev–Trinajstić information content (AvgIpc) is 2.33. The molecule has 1 aliphatic carbocycles. The van der Waals surface area contributed by atoms with Gasteiger partial charge in [0.25, 0.3) is 0 Å². The van der Waals surface area contributed by atoms with Crippen LogP contribution in [-0.4, -0.2) is 22.7 Å². The second kappa shape index (κ2) is 6.16. The van der Waals surface area contributed by atoms with Crippen LogP contribution < -0.4 is 5.32 Å². The molecule has 94 valence electrons. The van der Waals surface area contributed by atoms with Crippen molar-refractivity contribution in [3.05, 3.63) is 21.2 Å². The number of halogens is 2. The Morgan fingerprint density at radius 1 is 1.35 bits per heavy atom. The van der Waals surface area contributed by atoms with Crippen molar-refractivity contribution in [3.63, 3.8) is 0 Å². The van der Waals surface area contributed by atoms with Crippen LogP contribution in [0.5, 0.6) is 0 Å². The van der Waals surface area contributed by atoms with Gasteiger partial charge in [-0.2, -0.15) is 0 Å². The maximum Gasteiger partial charge on any atom is 0.140 e. The fourth-order valence-corrected chi connectivity index (χ4v) is 3.41. The third kappa shape index (κ3) is 3.42. The molecule has 1 fully saturated rings. The number of nitrogens with one attached hydrogen (secondary N) is 1. The van der Waals surface area contributed by atoms with E-state index < -0.39 is 0 Å². The SMILES string of the molecule is OCC1CCCCC1Nc1ncc(Br)cc1Br. The van der Waals surface area contributed by atoms with Gasteiger partial charge in [-0.05, 0) is 50.8 Å². The molecule has 2 rings (SSSR count). The lowest BCUT2D eigenvalue weighted by Crippen LogP contribution is -2.34. The van der Waals surface area contributed by atoms with E-state index in [0.717, 1.165) is 27.6 Å². The molecule has 1 aromatic rings. The molecule has 0 aromatic carbocycles. The molecule has 0 bridgehead atoms. The van der Waals surface area contributed by atoms with Crippen molar-refractivity contribution in [1.82, 2.24) is 4.98 Å². The minimum absolute atomic E-state index is 0.256. The summed E-state index contributed by atoms with van der Waals surface area (Å²) in [7, 11) is 0. The van der Waals surface area contributed by atoms with Gasteiger partial charge in [0.05, 0.1) is 4.47 Å². The summed E-state index contributed by atoms with van der Waals surface area (Å²) in [6.07, 6.45) is 6.43. The van der Waals surface area contributed by atoms with Gasteiger partial charge in [0, 0.05) is 29.2 Å². The maximum atomic E-state index is 9.37. The van der Waals surface area contributed by atoms with E-state index >= 15 is 0 Å². The molecular formula is C12H16Br2N2O. The third-order valence-electron chi connectivity index (χ3n) is 3.27. The van der Waals surface area contributed by atoms with E-state index in [1.54, 1.807) is 6.20 Å². The Morgan fingerprint density at radius 2 is 2.12 bits per heavy atom. The molecule has 0 saturated heterocycles. The zero-order valence-corrected chi connectivity index (χ0v) is 12.7. The molecule has 5 heteroatoms. The first-order chi connectivity index (χ1) is 8.20. The van der Waals surface area contributed by atoms with Crippen molar-refractivity contribution in [2.45, 2.75) is 31.7 Å². The van der Waals surface area contributed by atoms with E-state index in [0.29, 0.717) is 12.0 Å². The molecule has 2 atom stereocenters. The molecule has 1 saturated carbocycles. The molecule has 0 aliphatic heterocycles. The number of hydrogen-bond donors (Lipinski definition) is 2. The summed E-state index contributed by atoms with van der Waals surface area (Å²) in [6.45, 7) is 0.256. The van der Waals surface area contributed by atoms with Gasteiger partial charge in [-0.15, -0.1) is 0 Å². The largest absolute Gasteiger partial charge is 0.396 e. The van der Waals surface area contributed by atoms with Crippen molar-refractivity contribution in [2.24, 2.45) is 5.92 Å². The number of aliphatic hydroxyl groups is 1. The first-order valence-corrected chi connectivity index (χ1v) is 7.47. The second-order valence-electron chi connectivity index (χ2n) is 4.46. The Bertz CT molecular complexity index is 387. The van der Waals surface area contributed by atoms with Crippen LogP contribution >= 0.6 is 31.9 Å². The highest BCUT2D eigenvalue weighted by atomic mass is 79.9. The Kier molecular flexibility index (Phi) is 4.82. The van der Waals surface area contributed by atoms with E-state index in [-0.39, 0.29) is 6.61 Å². The number of nitrogens with zero attached hydrogens (tertiary/aromatic N) is 1. The van der Waals surface area contributed by atoms with Gasteiger partial charge in [-0.3, -0.25) is 0 Å². The van der Waals surface area contributed by atoms with Crippen LogP contribution in [0.1, 0.15) is 25.7 Å². The van der Waals surface area contributed by atoms with Crippen molar-refractivity contribution in [3.8, 4) is 0 Å². The van der Waals surface area contributed by atoms with E-state index in [4.69, 9.17) is 0 Å². The summed E-state index contributed by atoms with van der Waals surface area (Å²) in [5, 5.41) is 12.8. The summed E-state index contributed by atoms with van der Waals surface area (Å²) >= 11 is 6.89. The number of aromatic nitrogens is 1. The van der Waals surface area contributed by atoms with Gasteiger partial charge in [0.15, 0.2) is 0 Å². The van der Waals surface area contributed by atoms with Crippen LogP contribution in [0, 0.1) is 5.92 Å². The van der Waals surface area contributed by atoms with Crippen LogP contribution in [0.3, 0.4) is 0 Å². The lowest BCUT2D eigenvalue weighted by atomic mass is 9.85. The quantitative estimate of drug-likeness (QED) is 0.862. The first kappa shape index (κ1) is 13.3. The lowest BCUT2D eigenvalue weighted by Gasteiger charge is -2.31. The smallest absolute Gasteiger partial charge is 0.140 e. The summed E-state index contributed by atoms with van der Waals surface area (Å²) in [6, 6.07) is 2.31. The van der Waals surface area contributed by atoms with Gasteiger partial charge in [-0.1, -0.05) is 12.8 Å². The number of aliphatic hydroxyl groups excluding tert-OH is 1. The molecular weight excluding hydrogens is 348 g/mol. The topological polar surface area (TPSA) is 45.1 Å². The standard InChI is InChI=1S/C12H16Br2N2O/c13-9-5-10(14)12(15-6-9)16-11-4-2-1-3-8(11)7-17/h5-6,8,11,17H,1-4,7H2,(H,15,16). The third-order valence-corrected chi connectivity index (χ3v) is 4.31. The molecule has 1 aliphatic rings. The van der Waals surface area contributed by atoms with Gasteiger partial charge >= 0.3 is 0 Å². The molecule has 1 aromatic heterocycles. The highest BCUT2D eigenvalue weighted by Gasteiger charge is 2.25. The molecule has 0 spiro atoms. The molecule has 0 radical (unpaired) electrons. The highest BCUT2D eigenvalue weighted by Crippen LogP contribution is 2.30. The van der Waals surface area contributed by atoms with Crippen LogP contribution in [0.15, 0.2) is 21.2 Å². The van der Waals surface area contributed by atoms with E-state index in [1.807, 2.05) is 6.07 Å². The van der Waals surface area contributed by atoms with Crippen molar-refractivity contribution < 1.29 is 5.11 Å². The first-order valence-electron chi connectivity index (χ1n) is 5.89. The summed E-state index contributed by atoms with van der Waals surface area (Å²) < 4.78 is 1.91. The normalized spacial score (nSPS) is 24.6. The Labute approximate surface area is 118 Å². The predicted octanol–water partition coefficient (Wildman–Crippen LogP) is 3.57. The molecule has 17 heavy (non-hydrogen) atoms. The molecule has 1 heterocycles. The number of pyridine rings is 1. The van der Waals surface area contributed by atoms with Crippen LogP contribution in [0.2, 0.25) is 0 Å². The number of hydrogen-bond acceptors (Lipinski definition) is 3. The molecule has 2 N–H and O–H groups in total. The van der Waals surface area contributed by atoms with Crippen molar-refractivity contribution in [1.29, 1.82) is 0 Å². The lowest BCUT2D eigenvalue weighted by molar-refractivity contribution is 0.178. The summed E-state index contributed by atoms with van der Waals surface area (Å²) in [5.74, 6) is 1.21. The predicted molar refractivity (Wildman–Crippen MR) is 76.1 cm³/mol. The Morgan fingerprint density at radius 3 is 2.82 bits per heavy atom. The van der Waals surface area contributed by atoms with Gasteiger partial charge in [0.1, 0.15) is 5.82 Å². The van der Waals surface area contributed by atoms with Crippen LogP contribution in [0.25, 0.3) is 0 Å². The monoisotopic (exact) mass is 362 g/mol. The Hall–Kier alpha value is -0.130. The van der Waals surface area contributed by atoms with Crippen LogP contribution in [0.4, 0.5) is 5.82 Å². The minimum atomic E-state index is 0.256.